The Balaban J connectivity index is 2.05. The molecule has 0 bridgehead atoms. The van der Waals surface area contributed by atoms with Gasteiger partial charge in [0.05, 0.1) is 13.2 Å². The van der Waals surface area contributed by atoms with Gasteiger partial charge >= 0.3 is 5.97 Å². The first-order valence-electron chi connectivity index (χ1n) is 12.5. The molecule has 0 unspecified atom stereocenters. The van der Waals surface area contributed by atoms with E-state index in [1.807, 2.05) is 18.4 Å². The second-order valence-electron chi connectivity index (χ2n) is 9.65. The highest BCUT2D eigenvalue weighted by Gasteiger charge is 2.37. The minimum absolute atomic E-state index is 0.0998. The van der Waals surface area contributed by atoms with E-state index in [-0.39, 0.29) is 18.0 Å². The predicted octanol–water partition coefficient (Wildman–Crippen LogP) is 3.66. The Kier molecular flexibility index (Phi) is 13.3. The van der Waals surface area contributed by atoms with Gasteiger partial charge in [-0.2, -0.15) is 24.4 Å². The molecule has 1 aliphatic heterocycles. The third-order valence-corrected chi connectivity index (χ3v) is 7.69. The lowest BCUT2D eigenvalue weighted by Gasteiger charge is -2.24. The highest BCUT2D eigenvalue weighted by molar-refractivity contribution is 7.98. The van der Waals surface area contributed by atoms with Crippen molar-refractivity contribution in [3.05, 3.63) is 47.5 Å². The van der Waals surface area contributed by atoms with Crippen LogP contribution in [0.4, 0.5) is 0 Å². The fourth-order valence-corrected chi connectivity index (χ4v) is 5.04. The fraction of sp³-hybridized carbons (Fsp3) is 0.630. The van der Waals surface area contributed by atoms with Crippen LogP contribution in [0.1, 0.15) is 50.2 Å². The zero-order valence-corrected chi connectivity index (χ0v) is 23.3. The highest BCUT2D eigenvalue weighted by atomic mass is 32.2. The summed E-state index contributed by atoms with van der Waals surface area (Å²) < 4.78 is 4.93. The summed E-state index contributed by atoms with van der Waals surface area (Å²) in [6.45, 7) is 5.90. The molecule has 1 fully saturated rings. The van der Waals surface area contributed by atoms with Crippen LogP contribution < -0.4 is 11.1 Å². The van der Waals surface area contributed by atoms with Crippen LogP contribution in [0.3, 0.4) is 0 Å². The molecule has 35 heavy (non-hydrogen) atoms. The molecule has 1 amide bonds. The van der Waals surface area contributed by atoms with Crippen molar-refractivity contribution in [1.82, 2.24) is 10.2 Å². The van der Waals surface area contributed by atoms with Crippen LogP contribution >= 0.6 is 24.4 Å². The monoisotopic (exact) mass is 521 g/mol. The van der Waals surface area contributed by atoms with Crippen molar-refractivity contribution in [3.8, 4) is 0 Å². The molecule has 0 aromatic heterocycles. The molecule has 4 atom stereocenters. The number of benzene rings is 1. The lowest BCUT2D eigenvalue weighted by molar-refractivity contribution is -0.145. The molecular formula is C27H43N3O3S2. The van der Waals surface area contributed by atoms with Crippen LogP contribution in [0.15, 0.2) is 36.4 Å². The van der Waals surface area contributed by atoms with Crippen LogP contribution in [-0.2, 0) is 20.7 Å². The summed E-state index contributed by atoms with van der Waals surface area (Å²) in [5, 5.41) is 2.97. The van der Waals surface area contributed by atoms with Gasteiger partial charge in [0.25, 0.3) is 0 Å². The molecule has 1 aliphatic rings. The molecule has 2 rings (SSSR count). The Morgan fingerprint density at radius 2 is 2.03 bits per heavy atom. The summed E-state index contributed by atoms with van der Waals surface area (Å²) >= 11 is 5.88. The molecule has 1 aromatic carbocycles. The molecule has 196 valence electrons. The van der Waals surface area contributed by atoms with Gasteiger partial charge < -0.3 is 15.8 Å². The molecule has 1 aromatic rings. The summed E-state index contributed by atoms with van der Waals surface area (Å²) in [5.41, 5.74) is 8.65. The molecule has 0 saturated carbocycles. The summed E-state index contributed by atoms with van der Waals surface area (Å²) in [6.07, 6.45) is 9.30. The van der Waals surface area contributed by atoms with Crippen molar-refractivity contribution in [3.63, 3.8) is 0 Å². The Bertz CT molecular complexity index is 816. The lowest BCUT2D eigenvalue weighted by atomic mass is 9.95. The topological polar surface area (TPSA) is 84.7 Å². The van der Waals surface area contributed by atoms with Gasteiger partial charge in [0.15, 0.2) is 0 Å². The van der Waals surface area contributed by atoms with Crippen molar-refractivity contribution < 1.29 is 14.3 Å². The number of hydrogen-bond acceptors (Lipinski definition) is 7. The van der Waals surface area contributed by atoms with Gasteiger partial charge in [-0.1, -0.05) is 50.3 Å². The maximum absolute atomic E-state index is 13.3. The van der Waals surface area contributed by atoms with Crippen molar-refractivity contribution in [2.24, 2.45) is 11.7 Å². The van der Waals surface area contributed by atoms with Gasteiger partial charge in [-0.3, -0.25) is 9.69 Å². The van der Waals surface area contributed by atoms with Gasteiger partial charge in [-0.25, -0.2) is 4.79 Å². The van der Waals surface area contributed by atoms with Crippen LogP contribution in [0.2, 0.25) is 0 Å². The Labute approximate surface area is 221 Å². The van der Waals surface area contributed by atoms with Crippen LogP contribution in [-0.4, -0.2) is 72.9 Å². The smallest absolute Gasteiger partial charge is 0.328 e. The molecule has 6 nitrogen and oxygen atoms in total. The highest BCUT2D eigenvalue weighted by Crippen LogP contribution is 2.28. The molecule has 1 saturated heterocycles. The predicted molar refractivity (Wildman–Crippen MR) is 150 cm³/mol. The number of thiol groups is 1. The number of ether oxygens (including phenoxy) is 1. The molecule has 0 spiro atoms. The number of amides is 1. The lowest BCUT2D eigenvalue weighted by Crippen LogP contribution is -2.50. The maximum atomic E-state index is 13.3. The van der Waals surface area contributed by atoms with Gasteiger partial charge in [0.2, 0.25) is 5.91 Å². The first-order chi connectivity index (χ1) is 16.8. The number of carbonyl (C=O) groups is 2. The summed E-state index contributed by atoms with van der Waals surface area (Å²) in [7, 11) is 1.36. The first kappa shape index (κ1) is 29.7. The Hall–Kier alpha value is -1.48. The number of aryl methyl sites for hydroxylation is 1. The van der Waals surface area contributed by atoms with E-state index in [4.69, 9.17) is 10.5 Å². The third kappa shape index (κ3) is 9.83. The zero-order chi connectivity index (χ0) is 25.8. The number of nitrogens with zero attached hydrogens (tertiary/aromatic N) is 1. The second kappa shape index (κ2) is 15.6. The molecule has 0 aliphatic carbocycles. The molecule has 1 heterocycles. The van der Waals surface area contributed by atoms with E-state index in [0.717, 1.165) is 31.6 Å². The number of rotatable bonds is 14. The number of hydrogen-bond donors (Lipinski definition) is 3. The number of esters is 1. The Morgan fingerprint density at radius 1 is 1.31 bits per heavy atom. The number of carbonyl (C=O) groups excluding carboxylic acids is 2. The van der Waals surface area contributed by atoms with Gasteiger partial charge in [0, 0.05) is 24.9 Å². The minimum Gasteiger partial charge on any atom is -0.467 e. The van der Waals surface area contributed by atoms with E-state index < -0.39 is 12.0 Å². The molecule has 3 N–H and O–H groups in total. The van der Waals surface area contributed by atoms with Crippen LogP contribution in [0.5, 0.6) is 0 Å². The summed E-state index contributed by atoms with van der Waals surface area (Å²) in [4.78, 5) is 27.7. The van der Waals surface area contributed by atoms with Crippen molar-refractivity contribution in [2.45, 2.75) is 63.6 Å². The quantitative estimate of drug-likeness (QED) is 0.197. The van der Waals surface area contributed by atoms with E-state index in [1.54, 1.807) is 11.8 Å². The number of methoxy groups -OCH3 is 1. The maximum Gasteiger partial charge on any atom is 0.328 e. The first-order valence-corrected chi connectivity index (χ1v) is 14.5. The van der Waals surface area contributed by atoms with Crippen molar-refractivity contribution in [2.75, 3.05) is 38.0 Å². The normalized spacial score (nSPS) is 20.3. The number of nitrogens with two attached hydrogens (primary N) is 1. The van der Waals surface area contributed by atoms with E-state index in [1.165, 1.54) is 18.2 Å². The number of thioether (sulfide) groups is 1. The van der Waals surface area contributed by atoms with Crippen molar-refractivity contribution >= 4 is 36.3 Å². The number of nitrogens with one attached hydrogen (secondary N) is 1. The van der Waals surface area contributed by atoms with E-state index in [0.29, 0.717) is 30.6 Å². The fourth-order valence-electron chi connectivity index (χ4n) is 4.45. The zero-order valence-electron chi connectivity index (χ0n) is 21.6. The molecule has 8 heteroatoms. The standard InChI is InChI=1S/C27H43N3O3S2/c1-19(2)22-11-9-20(10-12-22)7-8-21-16-25(30(17-21)14-5-6-23(28)18-34)26(31)29-24(13-15-35-4)27(32)33-3/h5-6,9-12,19,21,23-25,34H,7-8,13-18,28H2,1-4H3,(H,29,31)/b6-5+/t21-,23+,24-,25-/m0/s1. The van der Waals surface area contributed by atoms with E-state index >= 15 is 0 Å². The largest absolute Gasteiger partial charge is 0.467 e. The third-order valence-electron chi connectivity index (χ3n) is 6.63. The van der Waals surface area contributed by atoms with Crippen LogP contribution in [0, 0.1) is 5.92 Å². The Morgan fingerprint density at radius 3 is 2.63 bits per heavy atom. The van der Waals surface area contributed by atoms with E-state index in [2.05, 4.69) is 61.0 Å². The average molecular weight is 522 g/mol. The van der Waals surface area contributed by atoms with Crippen LogP contribution in [0.25, 0.3) is 0 Å². The number of likely N-dealkylation sites (tertiary alicyclic amines) is 1. The average Bonchev–Trinajstić information content (AvgIpc) is 3.27. The molecule has 0 radical (unpaired) electrons. The SMILES string of the molecule is COC(=O)[C@H](CCSC)NC(=O)[C@@H]1C[C@H](CCc2ccc(C(C)C)cc2)CN1C/C=C/[C@@H](N)CS. The summed E-state index contributed by atoms with van der Waals surface area (Å²) in [5.74, 6) is 1.80. The van der Waals surface area contributed by atoms with Gasteiger partial charge in [-0.15, -0.1) is 0 Å². The summed E-state index contributed by atoms with van der Waals surface area (Å²) in [6, 6.07) is 7.88. The van der Waals surface area contributed by atoms with E-state index in [9.17, 15) is 9.59 Å². The van der Waals surface area contributed by atoms with Gasteiger partial charge in [-0.05, 0) is 60.7 Å². The van der Waals surface area contributed by atoms with Crippen molar-refractivity contribution in [1.29, 1.82) is 0 Å². The second-order valence-corrected chi connectivity index (χ2v) is 11.0. The van der Waals surface area contributed by atoms with Gasteiger partial charge in [0.1, 0.15) is 6.04 Å². The minimum atomic E-state index is -0.617. The molecular weight excluding hydrogens is 478 g/mol.